The molecule has 1 aliphatic carbocycles. The number of aromatic amines is 1. The van der Waals surface area contributed by atoms with Crippen LogP contribution in [0.2, 0.25) is 0 Å². The number of nitrogens with one attached hydrogen (secondary N) is 1. The summed E-state index contributed by atoms with van der Waals surface area (Å²) in [6.07, 6.45) is 4.51. The maximum atomic E-state index is 11.3. The Bertz CT molecular complexity index is 379. The van der Waals surface area contributed by atoms with Gasteiger partial charge in [0.25, 0.3) is 5.56 Å². The highest BCUT2D eigenvalue weighted by Crippen LogP contribution is 2.29. The van der Waals surface area contributed by atoms with Gasteiger partial charge in [-0.3, -0.25) is 9.78 Å². The Labute approximate surface area is 89.5 Å². The van der Waals surface area contributed by atoms with Gasteiger partial charge in [0.05, 0.1) is 6.61 Å². The molecule has 3 nitrogen and oxygen atoms in total. The van der Waals surface area contributed by atoms with Crippen molar-refractivity contribution in [1.82, 2.24) is 4.98 Å². The molecule has 1 N–H and O–H groups in total. The van der Waals surface area contributed by atoms with Gasteiger partial charge in [0.2, 0.25) is 0 Å². The third-order valence-electron chi connectivity index (χ3n) is 2.59. The summed E-state index contributed by atoms with van der Waals surface area (Å²) in [4.78, 5) is 14.0. The van der Waals surface area contributed by atoms with E-state index in [-0.39, 0.29) is 5.56 Å². The fraction of sp³-hybridized carbons (Fsp3) is 0.583. The van der Waals surface area contributed by atoms with Crippen LogP contribution in [0.4, 0.5) is 0 Å². The lowest BCUT2D eigenvalue weighted by Gasteiger charge is -2.06. The molecule has 1 aromatic rings. The van der Waals surface area contributed by atoms with Crippen molar-refractivity contribution in [2.24, 2.45) is 5.92 Å². The van der Waals surface area contributed by atoms with Crippen LogP contribution in [0.5, 0.6) is 5.88 Å². The fourth-order valence-corrected chi connectivity index (χ4v) is 1.57. The molecular weight excluding hydrogens is 190 g/mol. The van der Waals surface area contributed by atoms with Crippen molar-refractivity contribution in [3.05, 3.63) is 28.0 Å². The smallest absolute Gasteiger partial charge is 0.250 e. The standard InChI is InChI=1S/C12H17NO2/c1-2-3-10-6-11(14)13-12(7-10)15-8-9-4-5-9/h6-7,9H,2-5,8H2,1H3,(H,13,14). The molecule has 0 amide bonds. The lowest BCUT2D eigenvalue weighted by molar-refractivity contribution is 0.287. The topological polar surface area (TPSA) is 42.1 Å². The molecule has 1 saturated carbocycles. The van der Waals surface area contributed by atoms with Gasteiger partial charge in [-0.15, -0.1) is 0 Å². The second-order valence-corrected chi connectivity index (χ2v) is 4.22. The number of hydrogen-bond acceptors (Lipinski definition) is 2. The maximum absolute atomic E-state index is 11.3. The summed E-state index contributed by atoms with van der Waals surface area (Å²) in [5.74, 6) is 1.33. The van der Waals surface area contributed by atoms with Crippen LogP contribution in [-0.4, -0.2) is 11.6 Å². The van der Waals surface area contributed by atoms with E-state index in [0.29, 0.717) is 11.8 Å². The normalized spacial score (nSPS) is 15.3. The van der Waals surface area contributed by atoms with Crippen LogP contribution in [0.1, 0.15) is 31.7 Å². The number of pyridine rings is 1. The first-order valence-corrected chi connectivity index (χ1v) is 5.64. The maximum Gasteiger partial charge on any atom is 0.250 e. The molecule has 15 heavy (non-hydrogen) atoms. The van der Waals surface area contributed by atoms with Crippen LogP contribution >= 0.6 is 0 Å². The summed E-state index contributed by atoms with van der Waals surface area (Å²) in [6, 6.07) is 3.58. The first kappa shape index (κ1) is 10.3. The predicted octanol–water partition coefficient (Wildman–Crippen LogP) is 2.12. The lowest BCUT2D eigenvalue weighted by Crippen LogP contribution is -2.10. The molecule has 1 aromatic heterocycles. The molecule has 0 radical (unpaired) electrons. The Balaban J connectivity index is 2.04. The van der Waals surface area contributed by atoms with Gasteiger partial charge >= 0.3 is 0 Å². The Hall–Kier alpha value is -1.25. The molecule has 1 aliphatic rings. The van der Waals surface area contributed by atoms with Gasteiger partial charge in [-0.1, -0.05) is 13.3 Å². The van der Waals surface area contributed by atoms with E-state index in [0.717, 1.165) is 25.0 Å². The zero-order valence-corrected chi connectivity index (χ0v) is 9.08. The first-order valence-electron chi connectivity index (χ1n) is 5.64. The average molecular weight is 207 g/mol. The van der Waals surface area contributed by atoms with Crippen molar-refractivity contribution < 1.29 is 4.74 Å². The minimum absolute atomic E-state index is 0.0632. The second kappa shape index (κ2) is 4.51. The second-order valence-electron chi connectivity index (χ2n) is 4.22. The van der Waals surface area contributed by atoms with Crippen LogP contribution in [0.25, 0.3) is 0 Å². The molecule has 2 rings (SSSR count). The van der Waals surface area contributed by atoms with E-state index in [1.54, 1.807) is 6.07 Å². The Morgan fingerprint density at radius 2 is 2.27 bits per heavy atom. The van der Waals surface area contributed by atoms with Crippen molar-refractivity contribution in [2.75, 3.05) is 6.61 Å². The molecule has 0 aromatic carbocycles. The number of ether oxygens (including phenoxy) is 1. The van der Waals surface area contributed by atoms with Crippen LogP contribution < -0.4 is 10.3 Å². The fourth-order valence-electron chi connectivity index (χ4n) is 1.57. The minimum atomic E-state index is -0.0632. The van der Waals surface area contributed by atoms with E-state index in [4.69, 9.17) is 4.74 Å². The van der Waals surface area contributed by atoms with E-state index in [1.807, 2.05) is 6.07 Å². The summed E-state index contributed by atoms with van der Waals surface area (Å²) in [5.41, 5.74) is 0.999. The zero-order valence-electron chi connectivity index (χ0n) is 9.08. The van der Waals surface area contributed by atoms with Crippen molar-refractivity contribution >= 4 is 0 Å². The third kappa shape index (κ3) is 3.11. The number of H-pyrrole nitrogens is 1. The Morgan fingerprint density at radius 3 is 2.93 bits per heavy atom. The summed E-state index contributed by atoms with van der Waals surface area (Å²) >= 11 is 0. The molecule has 0 unspecified atom stereocenters. The zero-order chi connectivity index (χ0) is 10.7. The van der Waals surface area contributed by atoms with Gasteiger partial charge in [0.15, 0.2) is 5.88 Å². The predicted molar refractivity (Wildman–Crippen MR) is 59.3 cm³/mol. The Morgan fingerprint density at radius 1 is 1.47 bits per heavy atom. The van der Waals surface area contributed by atoms with Gasteiger partial charge in [-0.2, -0.15) is 0 Å². The van der Waals surface area contributed by atoms with Crippen molar-refractivity contribution in [2.45, 2.75) is 32.6 Å². The first-order chi connectivity index (χ1) is 7.28. The highest BCUT2D eigenvalue weighted by atomic mass is 16.5. The highest BCUT2D eigenvalue weighted by molar-refractivity contribution is 5.20. The summed E-state index contributed by atoms with van der Waals surface area (Å²) in [7, 11) is 0. The quantitative estimate of drug-likeness (QED) is 0.803. The van der Waals surface area contributed by atoms with E-state index in [9.17, 15) is 4.79 Å². The summed E-state index contributed by atoms with van der Waals surface area (Å²) in [6.45, 7) is 2.84. The molecule has 82 valence electrons. The molecule has 3 heteroatoms. The van der Waals surface area contributed by atoms with Crippen LogP contribution in [0, 0.1) is 5.92 Å². The average Bonchev–Trinajstić information content (AvgIpc) is 2.98. The Kier molecular flexibility index (Phi) is 3.09. The van der Waals surface area contributed by atoms with Crippen molar-refractivity contribution in [1.29, 1.82) is 0 Å². The van der Waals surface area contributed by atoms with E-state index >= 15 is 0 Å². The lowest BCUT2D eigenvalue weighted by atomic mass is 10.1. The number of hydrogen-bond donors (Lipinski definition) is 1. The van der Waals surface area contributed by atoms with Gasteiger partial charge < -0.3 is 4.74 Å². The van der Waals surface area contributed by atoms with Crippen molar-refractivity contribution in [3.8, 4) is 5.88 Å². The van der Waals surface area contributed by atoms with Gasteiger partial charge in [-0.25, -0.2) is 0 Å². The monoisotopic (exact) mass is 207 g/mol. The van der Waals surface area contributed by atoms with Gasteiger partial charge in [-0.05, 0) is 30.7 Å². The molecule has 0 spiro atoms. The van der Waals surface area contributed by atoms with Crippen LogP contribution in [0.15, 0.2) is 16.9 Å². The largest absolute Gasteiger partial charge is 0.479 e. The van der Waals surface area contributed by atoms with E-state index < -0.39 is 0 Å². The van der Waals surface area contributed by atoms with E-state index in [2.05, 4.69) is 11.9 Å². The molecule has 0 aliphatic heterocycles. The number of aromatic nitrogens is 1. The molecular formula is C12H17NO2. The third-order valence-corrected chi connectivity index (χ3v) is 2.59. The van der Waals surface area contributed by atoms with Crippen LogP contribution in [0.3, 0.4) is 0 Å². The summed E-state index contributed by atoms with van der Waals surface area (Å²) in [5, 5.41) is 0. The molecule has 0 atom stereocenters. The number of rotatable bonds is 5. The molecule has 0 bridgehead atoms. The minimum Gasteiger partial charge on any atom is -0.479 e. The number of aryl methyl sites for hydroxylation is 1. The highest BCUT2D eigenvalue weighted by Gasteiger charge is 2.22. The van der Waals surface area contributed by atoms with Crippen molar-refractivity contribution in [3.63, 3.8) is 0 Å². The molecule has 1 fully saturated rings. The SMILES string of the molecule is CCCc1cc(OCC2CC2)[nH]c(=O)c1. The van der Waals surface area contributed by atoms with Crippen LogP contribution in [-0.2, 0) is 6.42 Å². The van der Waals surface area contributed by atoms with Gasteiger partial charge in [0.1, 0.15) is 0 Å². The summed E-state index contributed by atoms with van der Waals surface area (Å²) < 4.78 is 5.54. The van der Waals surface area contributed by atoms with Gasteiger partial charge in [0, 0.05) is 12.1 Å². The van der Waals surface area contributed by atoms with E-state index in [1.165, 1.54) is 12.8 Å². The molecule has 1 heterocycles. The molecule has 0 saturated heterocycles.